The van der Waals surface area contributed by atoms with E-state index in [0.29, 0.717) is 11.2 Å². The predicted molar refractivity (Wildman–Crippen MR) is 160 cm³/mol. The molecule has 2 atom stereocenters. The van der Waals surface area contributed by atoms with Gasteiger partial charge in [-0.05, 0) is 118 Å². The van der Waals surface area contributed by atoms with Gasteiger partial charge in [0, 0.05) is 30.2 Å². The van der Waals surface area contributed by atoms with Crippen LogP contribution in [0.3, 0.4) is 0 Å². The summed E-state index contributed by atoms with van der Waals surface area (Å²) in [7, 11) is 2.17. The highest BCUT2D eigenvalue weighted by molar-refractivity contribution is 7.80. The highest BCUT2D eigenvalue weighted by Gasteiger charge is 2.41. The number of thiocarbonyl (C=S) groups is 1. The molecule has 3 aromatic rings. The normalized spacial score (nSPS) is 22.7. The molecule has 0 radical (unpaired) electrons. The van der Waals surface area contributed by atoms with Crippen LogP contribution in [-0.4, -0.2) is 28.8 Å². The average Bonchev–Trinajstić information content (AvgIpc) is 3.55. The van der Waals surface area contributed by atoms with Crippen LogP contribution in [0.5, 0.6) is 5.75 Å². The number of nitrogens with zero attached hydrogens (tertiary/aromatic N) is 3. The van der Waals surface area contributed by atoms with Crippen molar-refractivity contribution in [2.24, 2.45) is 0 Å². The molecule has 2 fully saturated rings. The summed E-state index contributed by atoms with van der Waals surface area (Å²) >= 11 is 5.95. The number of aromatic nitrogens is 1. The number of benzene rings is 2. The fourth-order valence-electron chi connectivity index (χ4n) is 6.22. The van der Waals surface area contributed by atoms with Crippen LogP contribution >= 0.6 is 12.2 Å². The fourth-order valence-corrected chi connectivity index (χ4v) is 6.56. The van der Waals surface area contributed by atoms with Gasteiger partial charge in [0.15, 0.2) is 5.11 Å². The molecule has 0 unspecified atom stereocenters. The van der Waals surface area contributed by atoms with Gasteiger partial charge in [0.05, 0.1) is 29.4 Å². The van der Waals surface area contributed by atoms with Crippen molar-refractivity contribution < 1.29 is 4.74 Å². The number of nitrogens with one attached hydrogen (secondary N) is 1. The topological polar surface area (TPSA) is 40.6 Å². The number of hydrogen-bond acceptors (Lipinski definition) is 4. The van der Waals surface area contributed by atoms with Gasteiger partial charge >= 0.3 is 0 Å². The lowest BCUT2D eigenvalue weighted by Gasteiger charge is -2.41. The summed E-state index contributed by atoms with van der Waals surface area (Å²) in [4.78, 5) is 9.31. The lowest BCUT2D eigenvalue weighted by molar-refractivity contribution is 0.210. The van der Waals surface area contributed by atoms with Crippen molar-refractivity contribution in [3.05, 3.63) is 89.8 Å². The molecule has 38 heavy (non-hydrogen) atoms. The molecule has 196 valence electrons. The number of pyridine rings is 1. The van der Waals surface area contributed by atoms with E-state index >= 15 is 0 Å². The molecule has 1 saturated heterocycles. The van der Waals surface area contributed by atoms with Crippen LogP contribution in [0.1, 0.15) is 75.4 Å². The first-order valence-corrected chi connectivity index (χ1v) is 14.1. The molecule has 2 aliphatic heterocycles. The molecule has 1 saturated carbocycles. The van der Waals surface area contributed by atoms with Crippen molar-refractivity contribution in [2.45, 2.75) is 70.2 Å². The Labute approximate surface area is 231 Å². The first-order chi connectivity index (χ1) is 18.3. The highest BCUT2D eigenvalue weighted by Crippen LogP contribution is 2.45. The van der Waals surface area contributed by atoms with Crippen LogP contribution in [-0.2, 0) is 0 Å². The zero-order valence-corrected chi connectivity index (χ0v) is 23.5. The summed E-state index contributed by atoms with van der Waals surface area (Å²) in [5.74, 6) is 0.928. The van der Waals surface area contributed by atoms with E-state index in [9.17, 15) is 0 Å². The van der Waals surface area contributed by atoms with Gasteiger partial charge in [-0.15, -0.1) is 0 Å². The van der Waals surface area contributed by atoms with E-state index in [4.69, 9.17) is 21.9 Å². The van der Waals surface area contributed by atoms with E-state index in [1.807, 2.05) is 18.3 Å². The van der Waals surface area contributed by atoms with Gasteiger partial charge < -0.3 is 19.9 Å². The molecule has 6 rings (SSSR count). The lowest BCUT2D eigenvalue weighted by Crippen LogP contribution is -2.42. The minimum atomic E-state index is -0.0711. The molecule has 5 nitrogen and oxygen atoms in total. The van der Waals surface area contributed by atoms with Crippen molar-refractivity contribution >= 4 is 34.3 Å². The Balaban J connectivity index is 1.39. The average molecular weight is 525 g/mol. The van der Waals surface area contributed by atoms with Gasteiger partial charge in [0.2, 0.25) is 0 Å². The van der Waals surface area contributed by atoms with Crippen LogP contribution in [0.25, 0.3) is 5.57 Å². The predicted octanol–water partition coefficient (Wildman–Crippen LogP) is 7.21. The van der Waals surface area contributed by atoms with E-state index in [1.54, 1.807) is 0 Å². The third kappa shape index (κ3) is 4.45. The molecule has 6 heteroatoms. The van der Waals surface area contributed by atoms with Crippen molar-refractivity contribution in [3.63, 3.8) is 0 Å². The SMILES string of the molecule is CC1=CC(C)(C)N(C)c2ccc([C@H]3[C@@H](c4ccccn4)NC(=S)N3c3ccc(OC4CCCC4)cc3)cc21. The summed E-state index contributed by atoms with van der Waals surface area (Å²) in [5.41, 5.74) is 7.02. The Morgan fingerprint density at radius 3 is 2.50 bits per heavy atom. The van der Waals surface area contributed by atoms with Gasteiger partial charge in [-0.25, -0.2) is 0 Å². The minimum Gasteiger partial charge on any atom is -0.490 e. The maximum Gasteiger partial charge on any atom is 0.174 e. The molecule has 0 bridgehead atoms. The Morgan fingerprint density at radius 2 is 1.79 bits per heavy atom. The Morgan fingerprint density at radius 1 is 1.03 bits per heavy atom. The van der Waals surface area contributed by atoms with Gasteiger partial charge in [0.25, 0.3) is 0 Å². The molecule has 1 aliphatic carbocycles. The molecule has 3 aliphatic rings. The smallest absolute Gasteiger partial charge is 0.174 e. The first kappa shape index (κ1) is 24.9. The van der Waals surface area contributed by atoms with Gasteiger partial charge in [0.1, 0.15) is 5.75 Å². The van der Waals surface area contributed by atoms with Crippen LogP contribution in [0.4, 0.5) is 11.4 Å². The van der Waals surface area contributed by atoms with E-state index in [0.717, 1.165) is 30.0 Å². The molecule has 0 spiro atoms. The second-order valence-electron chi connectivity index (χ2n) is 11.3. The second kappa shape index (κ2) is 9.73. The summed E-state index contributed by atoms with van der Waals surface area (Å²) < 4.78 is 6.23. The number of ether oxygens (including phenoxy) is 1. The molecule has 3 heterocycles. The Kier molecular flexibility index (Phi) is 6.39. The molecule has 2 aromatic carbocycles. The highest BCUT2D eigenvalue weighted by atomic mass is 32.1. The second-order valence-corrected chi connectivity index (χ2v) is 11.7. The Hall–Kier alpha value is -3.38. The van der Waals surface area contributed by atoms with E-state index < -0.39 is 0 Å². The number of rotatable bonds is 5. The lowest BCUT2D eigenvalue weighted by atomic mass is 9.86. The summed E-state index contributed by atoms with van der Waals surface area (Å²) in [6.45, 7) is 6.73. The standard InChI is InChI=1S/C32H36N4OS/c1-21-20-32(2,3)35(4)28-17-12-22(19-26(21)28)30-29(27-11-7-8-18-33-27)34-31(38)36(30)23-13-15-25(16-14-23)37-24-9-5-6-10-24/h7-8,11-20,24,29-30H,5-6,9-10H2,1-4H3,(H,34,38)/t29-,30+/m1/s1. The molecular weight excluding hydrogens is 488 g/mol. The number of anilines is 2. The number of hydrogen-bond donors (Lipinski definition) is 1. The maximum absolute atomic E-state index is 6.23. The van der Waals surface area contributed by atoms with Crippen LogP contribution in [0, 0.1) is 0 Å². The molecule has 0 amide bonds. The number of fused-ring (bicyclic) bond motifs is 1. The van der Waals surface area contributed by atoms with Crippen molar-refractivity contribution in [1.29, 1.82) is 0 Å². The third-order valence-electron chi connectivity index (χ3n) is 8.40. The summed E-state index contributed by atoms with van der Waals surface area (Å²) in [6.07, 6.45) is 9.36. The van der Waals surface area contributed by atoms with Crippen molar-refractivity contribution in [2.75, 3.05) is 16.8 Å². The summed E-state index contributed by atoms with van der Waals surface area (Å²) in [6, 6.07) is 21.2. The zero-order valence-electron chi connectivity index (χ0n) is 22.6. The largest absolute Gasteiger partial charge is 0.490 e. The van der Waals surface area contributed by atoms with Crippen LogP contribution in [0.2, 0.25) is 0 Å². The minimum absolute atomic E-state index is 0.0279. The monoisotopic (exact) mass is 524 g/mol. The van der Waals surface area contributed by atoms with E-state index in [-0.39, 0.29) is 17.6 Å². The molecular formula is C32H36N4OS. The summed E-state index contributed by atoms with van der Waals surface area (Å²) in [5, 5.41) is 4.30. The number of allylic oxidation sites excluding steroid dienone is 1. The van der Waals surface area contributed by atoms with Gasteiger partial charge in [-0.2, -0.15) is 0 Å². The van der Waals surface area contributed by atoms with Gasteiger partial charge in [-0.3, -0.25) is 4.98 Å². The zero-order chi connectivity index (χ0) is 26.4. The fraction of sp³-hybridized carbons (Fsp3) is 0.375. The molecule has 1 aromatic heterocycles. The van der Waals surface area contributed by atoms with Crippen molar-refractivity contribution in [1.82, 2.24) is 10.3 Å². The van der Waals surface area contributed by atoms with Crippen LogP contribution < -0.4 is 19.9 Å². The van der Waals surface area contributed by atoms with Gasteiger partial charge in [-0.1, -0.05) is 18.2 Å². The maximum atomic E-state index is 6.23. The quantitative estimate of drug-likeness (QED) is 0.356. The van der Waals surface area contributed by atoms with E-state index in [2.05, 4.69) is 97.5 Å². The van der Waals surface area contributed by atoms with Crippen LogP contribution in [0.15, 0.2) is 72.9 Å². The molecule has 1 N–H and O–H groups in total. The van der Waals surface area contributed by atoms with Crippen molar-refractivity contribution in [3.8, 4) is 5.75 Å². The third-order valence-corrected chi connectivity index (χ3v) is 8.72. The number of likely N-dealkylation sites (N-methyl/N-ethyl adjacent to an activating group) is 1. The Bertz CT molecular complexity index is 1360. The van der Waals surface area contributed by atoms with E-state index in [1.165, 1.54) is 35.2 Å². The first-order valence-electron chi connectivity index (χ1n) is 13.7.